The van der Waals surface area contributed by atoms with E-state index in [1.165, 1.54) is 23.6 Å². The van der Waals surface area contributed by atoms with Crippen LogP contribution in [-0.2, 0) is 6.54 Å². The van der Waals surface area contributed by atoms with Crippen LogP contribution in [0, 0.1) is 0 Å². The molecule has 2 rings (SSSR count). The summed E-state index contributed by atoms with van der Waals surface area (Å²) in [6.45, 7) is 5.44. The van der Waals surface area contributed by atoms with E-state index in [9.17, 15) is 0 Å². The van der Waals surface area contributed by atoms with Crippen LogP contribution in [0.15, 0.2) is 54.2 Å². The highest BCUT2D eigenvalue weighted by Crippen LogP contribution is 2.16. The molecule has 4 heteroatoms. The van der Waals surface area contributed by atoms with Crippen LogP contribution < -0.4 is 5.32 Å². The molecule has 4 nitrogen and oxygen atoms in total. The number of guanidine groups is 1. The first kappa shape index (κ1) is 18.0. The van der Waals surface area contributed by atoms with Gasteiger partial charge in [0.25, 0.3) is 0 Å². The predicted molar refractivity (Wildman–Crippen MR) is 103 cm³/mol. The zero-order valence-corrected chi connectivity index (χ0v) is 14.8. The molecule has 0 spiro atoms. The monoisotopic (exact) mass is 324 g/mol. The third-order valence-electron chi connectivity index (χ3n) is 4.15. The fraction of sp³-hybridized carbons (Fsp3) is 0.400. The molecule has 0 aliphatic rings. The van der Waals surface area contributed by atoms with Crippen LogP contribution in [0.4, 0.5) is 0 Å². The number of nitrogens with zero attached hydrogens (tertiary/aromatic N) is 3. The number of hydrogen-bond acceptors (Lipinski definition) is 2. The van der Waals surface area contributed by atoms with E-state index < -0.39 is 0 Å². The Morgan fingerprint density at radius 3 is 2.88 bits per heavy atom. The minimum absolute atomic E-state index is 0.675. The number of hydrogen-bond donors (Lipinski definition) is 1. The highest BCUT2D eigenvalue weighted by Gasteiger charge is 2.07. The van der Waals surface area contributed by atoms with E-state index >= 15 is 0 Å². The number of pyridine rings is 1. The van der Waals surface area contributed by atoms with E-state index in [4.69, 9.17) is 0 Å². The maximum Gasteiger partial charge on any atom is 0.193 e. The van der Waals surface area contributed by atoms with Gasteiger partial charge < -0.3 is 10.2 Å². The van der Waals surface area contributed by atoms with Crippen molar-refractivity contribution in [3.05, 3.63) is 54.9 Å². The maximum atomic E-state index is 4.52. The molecule has 24 heavy (non-hydrogen) atoms. The number of aromatic nitrogens is 1. The largest absolute Gasteiger partial charge is 0.351 e. The van der Waals surface area contributed by atoms with Crippen molar-refractivity contribution in [3.63, 3.8) is 0 Å². The maximum absolute atomic E-state index is 4.52. The van der Waals surface area contributed by atoms with Crippen molar-refractivity contribution in [3.8, 4) is 0 Å². The van der Waals surface area contributed by atoms with Crippen LogP contribution in [0.1, 0.15) is 31.4 Å². The lowest BCUT2D eigenvalue weighted by molar-refractivity contribution is 0.455. The Labute approximate surface area is 145 Å². The van der Waals surface area contributed by atoms with Crippen molar-refractivity contribution in [2.45, 2.75) is 32.2 Å². The second-order valence-corrected chi connectivity index (χ2v) is 5.94. The van der Waals surface area contributed by atoms with Crippen LogP contribution in [0.3, 0.4) is 0 Å². The third kappa shape index (κ3) is 5.08. The van der Waals surface area contributed by atoms with Gasteiger partial charge in [-0.2, -0.15) is 0 Å². The van der Waals surface area contributed by atoms with E-state index in [-0.39, 0.29) is 0 Å². The molecule has 1 heterocycles. The summed E-state index contributed by atoms with van der Waals surface area (Å²) in [5, 5.41) is 5.83. The smallest absolute Gasteiger partial charge is 0.193 e. The summed E-state index contributed by atoms with van der Waals surface area (Å²) >= 11 is 0. The first-order valence-corrected chi connectivity index (χ1v) is 8.61. The molecule has 2 aromatic rings. The molecule has 0 saturated heterocycles. The zero-order chi connectivity index (χ0) is 17.2. The van der Waals surface area contributed by atoms with Crippen LogP contribution in [0.2, 0.25) is 0 Å². The van der Waals surface area contributed by atoms with Crippen molar-refractivity contribution >= 4 is 16.7 Å². The minimum atomic E-state index is 0.675. The van der Waals surface area contributed by atoms with E-state index in [1.54, 1.807) is 0 Å². The average Bonchev–Trinajstić information content (AvgIpc) is 2.62. The first-order valence-electron chi connectivity index (χ1n) is 8.61. The molecular weight excluding hydrogens is 296 g/mol. The Balaban J connectivity index is 1.89. The number of nitrogens with one attached hydrogen (secondary N) is 1. The fourth-order valence-electron chi connectivity index (χ4n) is 2.79. The number of rotatable bonds is 8. The molecule has 0 radical (unpaired) electrons. The second-order valence-electron chi connectivity index (χ2n) is 5.94. The van der Waals surface area contributed by atoms with Crippen LogP contribution in [-0.4, -0.2) is 36.5 Å². The summed E-state index contributed by atoms with van der Waals surface area (Å²) in [5.41, 5.74) is 1.05. The molecule has 1 N–H and O–H groups in total. The molecule has 0 bridgehead atoms. The standard InChI is InChI=1S/C20H28N4/c1-4-5-6-7-10-15-24(3)20(21-2)23-16-19-18-12-9-8-11-17(18)13-14-22-19/h4,8-9,11-14H,1,5-7,10,15-16H2,2-3H3,(H,21,23). The van der Waals surface area contributed by atoms with Crippen molar-refractivity contribution in [1.29, 1.82) is 0 Å². The van der Waals surface area contributed by atoms with E-state index in [0.717, 1.165) is 31.0 Å². The predicted octanol–water partition coefficient (Wildman–Crippen LogP) is 3.99. The summed E-state index contributed by atoms with van der Waals surface area (Å²) < 4.78 is 0. The first-order chi connectivity index (χ1) is 11.8. The van der Waals surface area contributed by atoms with Crippen molar-refractivity contribution in [2.75, 3.05) is 20.6 Å². The van der Waals surface area contributed by atoms with Crippen LogP contribution in [0.25, 0.3) is 10.8 Å². The summed E-state index contributed by atoms with van der Waals surface area (Å²) in [7, 11) is 3.91. The highest BCUT2D eigenvalue weighted by molar-refractivity contribution is 5.85. The van der Waals surface area contributed by atoms with Gasteiger partial charge in [-0.15, -0.1) is 6.58 Å². The van der Waals surface area contributed by atoms with E-state index in [1.807, 2.05) is 25.4 Å². The molecule has 1 aromatic carbocycles. The Morgan fingerprint density at radius 2 is 2.08 bits per heavy atom. The Bertz CT molecular complexity index is 673. The number of fused-ring (bicyclic) bond motifs is 1. The highest BCUT2D eigenvalue weighted by atomic mass is 15.3. The van der Waals surface area contributed by atoms with Gasteiger partial charge in [0.1, 0.15) is 0 Å². The van der Waals surface area contributed by atoms with Gasteiger partial charge in [0.2, 0.25) is 0 Å². The van der Waals surface area contributed by atoms with Gasteiger partial charge in [-0.1, -0.05) is 36.8 Å². The van der Waals surface area contributed by atoms with E-state index in [0.29, 0.717) is 6.54 Å². The number of unbranched alkanes of at least 4 members (excludes halogenated alkanes) is 3. The molecule has 0 fully saturated rings. The molecule has 0 atom stereocenters. The van der Waals surface area contributed by atoms with Gasteiger partial charge in [0.15, 0.2) is 5.96 Å². The SMILES string of the molecule is C=CCCCCCN(C)C(=NC)NCc1nccc2ccccc12. The Hall–Kier alpha value is -2.36. The van der Waals surface area contributed by atoms with Gasteiger partial charge in [0, 0.05) is 32.2 Å². The van der Waals surface area contributed by atoms with Gasteiger partial charge in [-0.3, -0.25) is 9.98 Å². The topological polar surface area (TPSA) is 40.5 Å². The fourth-order valence-corrected chi connectivity index (χ4v) is 2.79. The van der Waals surface area contributed by atoms with Crippen molar-refractivity contribution in [1.82, 2.24) is 15.2 Å². The van der Waals surface area contributed by atoms with E-state index in [2.05, 4.69) is 58.1 Å². The Morgan fingerprint density at radius 1 is 1.25 bits per heavy atom. The molecule has 1 aromatic heterocycles. The average molecular weight is 324 g/mol. The lowest BCUT2D eigenvalue weighted by Crippen LogP contribution is -2.39. The van der Waals surface area contributed by atoms with Crippen LogP contribution >= 0.6 is 0 Å². The van der Waals surface area contributed by atoms with Crippen molar-refractivity contribution in [2.24, 2.45) is 4.99 Å². The normalized spacial score (nSPS) is 11.5. The van der Waals surface area contributed by atoms with Gasteiger partial charge in [-0.05, 0) is 30.7 Å². The van der Waals surface area contributed by atoms with Crippen molar-refractivity contribution < 1.29 is 0 Å². The summed E-state index contributed by atoms with van der Waals surface area (Å²) in [5.74, 6) is 0.911. The molecule has 0 saturated carbocycles. The zero-order valence-electron chi connectivity index (χ0n) is 14.8. The summed E-state index contributed by atoms with van der Waals surface area (Å²) in [4.78, 5) is 11.1. The third-order valence-corrected chi connectivity index (χ3v) is 4.15. The number of benzene rings is 1. The Kier molecular flexibility index (Phi) is 7.27. The van der Waals surface area contributed by atoms with Gasteiger partial charge >= 0.3 is 0 Å². The molecular formula is C20H28N4. The minimum Gasteiger partial charge on any atom is -0.351 e. The lowest BCUT2D eigenvalue weighted by atomic mass is 10.1. The summed E-state index contributed by atoms with van der Waals surface area (Å²) in [6, 6.07) is 10.4. The number of allylic oxidation sites excluding steroid dienone is 1. The van der Waals surface area contributed by atoms with Crippen LogP contribution in [0.5, 0.6) is 0 Å². The quantitative estimate of drug-likeness (QED) is 0.345. The van der Waals surface area contributed by atoms with Gasteiger partial charge in [-0.25, -0.2) is 0 Å². The molecule has 0 amide bonds. The number of aliphatic imine (C=N–C) groups is 1. The van der Waals surface area contributed by atoms with Gasteiger partial charge in [0.05, 0.1) is 12.2 Å². The lowest BCUT2D eigenvalue weighted by Gasteiger charge is -2.22. The molecule has 0 aliphatic heterocycles. The second kappa shape index (κ2) is 9.71. The summed E-state index contributed by atoms with van der Waals surface area (Å²) in [6.07, 6.45) is 8.55. The molecule has 128 valence electrons. The molecule has 0 unspecified atom stereocenters. The molecule has 0 aliphatic carbocycles.